The molecule has 3 nitrogen and oxygen atoms in total. The monoisotopic (exact) mass is 254 g/mol. The van der Waals surface area contributed by atoms with Crippen LogP contribution in [0.25, 0.3) is 0 Å². The molecule has 0 saturated carbocycles. The molecular formula is C15H30N2O. The van der Waals surface area contributed by atoms with E-state index in [2.05, 4.69) is 38.3 Å². The number of hydrogen-bond acceptors (Lipinski definition) is 2. The minimum atomic E-state index is 0.208. The number of piperidine rings is 1. The van der Waals surface area contributed by atoms with Crippen LogP contribution in [-0.2, 0) is 4.79 Å². The predicted octanol–water partition coefficient (Wildman–Crippen LogP) is 2.71. The zero-order valence-corrected chi connectivity index (χ0v) is 12.5. The molecular weight excluding hydrogens is 224 g/mol. The molecule has 0 spiro atoms. The molecule has 1 heterocycles. The Morgan fingerprint density at radius 2 is 2.11 bits per heavy atom. The van der Waals surface area contributed by atoms with Crippen molar-refractivity contribution < 1.29 is 4.79 Å². The number of rotatable bonds is 5. The van der Waals surface area contributed by atoms with Gasteiger partial charge in [0.25, 0.3) is 0 Å². The van der Waals surface area contributed by atoms with Crippen LogP contribution in [0.1, 0.15) is 59.8 Å². The van der Waals surface area contributed by atoms with E-state index >= 15 is 0 Å². The fourth-order valence-corrected chi connectivity index (χ4v) is 2.84. The van der Waals surface area contributed by atoms with E-state index in [0.29, 0.717) is 23.8 Å². The van der Waals surface area contributed by atoms with Gasteiger partial charge in [-0.05, 0) is 37.1 Å². The Morgan fingerprint density at radius 3 is 2.67 bits per heavy atom. The third-order valence-corrected chi connectivity index (χ3v) is 3.45. The second-order valence-electron chi connectivity index (χ2n) is 7.02. The lowest BCUT2D eigenvalue weighted by molar-refractivity contribution is -0.122. The lowest BCUT2D eigenvalue weighted by Crippen LogP contribution is -2.43. The molecule has 1 rings (SSSR count). The summed E-state index contributed by atoms with van der Waals surface area (Å²) < 4.78 is 0. The molecule has 0 radical (unpaired) electrons. The van der Waals surface area contributed by atoms with E-state index in [1.165, 1.54) is 19.3 Å². The SMILES string of the molecule is CC(CC(=O)NCC1CCCCN1)CC(C)(C)C. The Kier molecular flexibility index (Phi) is 6.13. The van der Waals surface area contributed by atoms with Gasteiger partial charge in [0.2, 0.25) is 5.91 Å². The molecule has 1 aliphatic rings. The molecule has 0 bridgehead atoms. The summed E-state index contributed by atoms with van der Waals surface area (Å²) in [5.41, 5.74) is 0.310. The molecule has 18 heavy (non-hydrogen) atoms. The Labute approximate surface area is 112 Å². The quantitative estimate of drug-likeness (QED) is 0.792. The van der Waals surface area contributed by atoms with Gasteiger partial charge in [0.05, 0.1) is 0 Å². The summed E-state index contributed by atoms with van der Waals surface area (Å²) in [5, 5.41) is 6.52. The van der Waals surface area contributed by atoms with Crippen molar-refractivity contribution in [3.05, 3.63) is 0 Å². The van der Waals surface area contributed by atoms with Crippen LogP contribution in [0, 0.1) is 11.3 Å². The number of hydrogen-bond donors (Lipinski definition) is 2. The minimum absolute atomic E-state index is 0.208. The maximum atomic E-state index is 11.8. The first-order valence-corrected chi connectivity index (χ1v) is 7.37. The number of amides is 1. The van der Waals surface area contributed by atoms with Crippen molar-refractivity contribution in [3.8, 4) is 0 Å². The Hall–Kier alpha value is -0.570. The van der Waals surface area contributed by atoms with Crippen molar-refractivity contribution in [2.45, 2.75) is 65.8 Å². The molecule has 2 N–H and O–H groups in total. The fourth-order valence-electron chi connectivity index (χ4n) is 2.84. The second-order valence-corrected chi connectivity index (χ2v) is 7.02. The summed E-state index contributed by atoms with van der Waals surface area (Å²) in [4.78, 5) is 11.8. The van der Waals surface area contributed by atoms with E-state index in [1.807, 2.05) is 0 Å². The Balaban J connectivity index is 2.16. The average Bonchev–Trinajstić information content (AvgIpc) is 2.25. The van der Waals surface area contributed by atoms with Crippen LogP contribution in [0.5, 0.6) is 0 Å². The molecule has 1 saturated heterocycles. The molecule has 3 heteroatoms. The van der Waals surface area contributed by atoms with E-state index < -0.39 is 0 Å². The highest BCUT2D eigenvalue weighted by molar-refractivity contribution is 5.76. The van der Waals surface area contributed by atoms with Gasteiger partial charge in [0.15, 0.2) is 0 Å². The van der Waals surface area contributed by atoms with Crippen LogP contribution in [-0.4, -0.2) is 25.0 Å². The average molecular weight is 254 g/mol. The summed E-state index contributed by atoms with van der Waals surface area (Å²) in [5.74, 6) is 0.670. The Morgan fingerprint density at radius 1 is 1.39 bits per heavy atom. The molecule has 0 aromatic carbocycles. The van der Waals surface area contributed by atoms with Gasteiger partial charge in [-0.15, -0.1) is 0 Å². The summed E-state index contributed by atoms with van der Waals surface area (Å²) in [6.07, 6.45) is 5.50. The van der Waals surface area contributed by atoms with Crippen LogP contribution in [0.3, 0.4) is 0 Å². The van der Waals surface area contributed by atoms with Crippen molar-refractivity contribution in [2.75, 3.05) is 13.1 Å². The topological polar surface area (TPSA) is 41.1 Å². The first kappa shape index (κ1) is 15.5. The van der Waals surface area contributed by atoms with E-state index in [4.69, 9.17) is 0 Å². The highest BCUT2D eigenvalue weighted by Gasteiger charge is 2.18. The largest absolute Gasteiger partial charge is 0.355 e. The fraction of sp³-hybridized carbons (Fsp3) is 0.933. The summed E-state index contributed by atoms with van der Waals surface area (Å²) in [7, 11) is 0. The molecule has 1 aliphatic heterocycles. The van der Waals surface area contributed by atoms with Gasteiger partial charge in [-0.3, -0.25) is 4.79 Å². The van der Waals surface area contributed by atoms with Crippen molar-refractivity contribution in [2.24, 2.45) is 11.3 Å². The van der Waals surface area contributed by atoms with Crippen LogP contribution in [0.4, 0.5) is 0 Å². The molecule has 0 aromatic heterocycles. The third-order valence-electron chi connectivity index (χ3n) is 3.45. The van der Waals surface area contributed by atoms with Crippen LogP contribution >= 0.6 is 0 Å². The van der Waals surface area contributed by atoms with Crippen molar-refractivity contribution in [3.63, 3.8) is 0 Å². The van der Waals surface area contributed by atoms with E-state index in [-0.39, 0.29) is 5.91 Å². The van der Waals surface area contributed by atoms with Crippen LogP contribution in [0.2, 0.25) is 0 Å². The standard InChI is InChI=1S/C15H30N2O/c1-12(10-15(2,3)4)9-14(18)17-11-13-7-5-6-8-16-13/h12-13,16H,5-11H2,1-4H3,(H,17,18). The molecule has 1 amide bonds. The van der Waals surface area contributed by atoms with Gasteiger partial charge in [0.1, 0.15) is 0 Å². The molecule has 0 aromatic rings. The van der Waals surface area contributed by atoms with E-state index in [9.17, 15) is 4.79 Å². The van der Waals surface area contributed by atoms with E-state index in [0.717, 1.165) is 19.5 Å². The van der Waals surface area contributed by atoms with Crippen molar-refractivity contribution in [1.82, 2.24) is 10.6 Å². The normalized spacial score (nSPS) is 22.6. The minimum Gasteiger partial charge on any atom is -0.355 e. The maximum Gasteiger partial charge on any atom is 0.220 e. The molecule has 2 unspecified atom stereocenters. The third kappa shape index (κ3) is 7.00. The smallest absolute Gasteiger partial charge is 0.220 e. The maximum absolute atomic E-state index is 11.8. The second kappa shape index (κ2) is 7.13. The van der Waals surface area contributed by atoms with Gasteiger partial charge in [-0.2, -0.15) is 0 Å². The number of carbonyl (C=O) groups is 1. The molecule has 106 valence electrons. The van der Waals surface area contributed by atoms with Crippen molar-refractivity contribution >= 4 is 5.91 Å². The van der Waals surface area contributed by atoms with Crippen LogP contribution < -0.4 is 10.6 Å². The zero-order valence-electron chi connectivity index (χ0n) is 12.5. The predicted molar refractivity (Wildman–Crippen MR) is 76.5 cm³/mol. The van der Waals surface area contributed by atoms with Gasteiger partial charge < -0.3 is 10.6 Å². The van der Waals surface area contributed by atoms with Gasteiger partial charge in [-0.1, -0.05) is 34.1 Å². The highest BCUT2D eigenvalue weighted by atomic mass is 16.1. The van der Waals surface area contributed by atoms with Gasteiger partial charge in [-0.25, -0.2) is 0 Å². The number of carbonyl (C=O) groups excluding carboxylic acids is 1. The molecule has 0 aliphatic carbocycles. The summed E-state index contributed by atoms with van der Waals surface area (Å²) in [6, 6.07) is 0.487. The van der Waals surface area contributed by atoms with Crippen LogP contribution in [0.15, 0.2) is 0 Å². The van der Waals surface area contributed by atoms with Crippen molar-refractivity contribution in [1.29, 1.82) is 0 Å². The summed E-state index contributed by atoms with van der Waals surface area (Å²) in [6.45, 7) is 10.7. The first-order valence-electron chi connectivity index (χ1n) is 7.37. The highest BCUT2D eigenvalue weighted by Crippen LogP contribution is 2.25. The lowest BCUT2D eigenvalue weighted by atomic mass is 9.84. The zero-order chi connectivity index (χ0) is 13.6. The lowest BCUT2D eigenvalue weighted by Gasteiger charge is -2.25. The van der Waals surface area contributed by atoms with Gasteiger partial charge in [0, 0.05) is 19.0 Å². The molecule has 1 fully saturated rings. The number of nitrogens with one attached hydrogen (secondary N) is 2. The Bertz CT molecular complexity index is 252. The van der Waals surface area contributed by atoms with E-state index in [1.54, 1.807) is 0 Å². The molecule has 2 atom stereocenters. The van der Waals surface area contributed by atoms with Gasteiger partial charge >= 0.3 is 0 Å². The summed E-state index contributed by atoms with van der Waals surface area (Å²) >= 11 is 0. The first-order chi connectivity index (χ1) is 8.37.